The monoisotopic (exact) mass is 287 g/mol. The number of aliphatic hydroxyl groups is 1. The molecule has 0 aliphatic carbocycles. The van der Waals surface area contributed by atoms with Crippen molar-refractivity contribution in [3.05, 3.63) is 29.3 Å². The van der Waals surface area contributed by atoms with Gasteiger partial charge >= 0.3 is 0 Å². The topological polar surface area (TPSA) is 90.3 Å². The minimum absolute atomic E-state index is 0.246. The number of primary amides is 1. The zero-order chi connectivity index (χ0) is 15.4. The number of rotatable bonds is 4. The van der Waals surface area contributed by atoms with E-state index in [1.807, 2.05) is 12.1 Å². The zero-order valence-corrected chi connectivity index (χ0v) is 12.2. The minimum atomic E-state index is -0.573. The maximum Gasteiger partial charge on any atom is 0.217 e. The first-order valence-corrected chi connectivity index (χ1v) is 7.26. The smallest absolute Gasteiger partial charge is 0.217 e. The summed E-state index contributed by atoms with van der Waals surface area (Å²) in [4.78, 5) is 13.2. The number of aliphatic hydroxyl groups excluding tert-OH is 1. The Kier molecular flexibility index (Phi) is 4.81. The molecular formula is C16H21N3O2. The zero-order valence-electron chi connectivity index (χ0n) is 12.2. The van der Waals surface area contributed by atoms with E-state index >= 15 is 0 Å². The molecule has 3 N–H and O–H groups in total. The quantitative estimate of drug-likeness (QED) is 0.882. The number of piperidine rings is 1. The Hall–Kier alpha value is -2.06. The van der Waals surface area contributed by atoms with E-state index in [-0.39, 0.29) is 5.91 Å². The van der Waals surface area contributed by atoms with Gasteiger partial charge in [0, 0.05) is 30.8 Å². The summed E-state index contributed by atoms with van der Waals surface area (Å²) >= 11 is 0. The maximum absolute atomic E-state index is 11.0. The molecule has 0 spiro atoms. The van der Waals surface area contributed by atoms with Crippen LogP contribution in [0.5, 0.6) is 0 Å². The van der Waals surface area contributed by atoms with Crippen LogP contribution in [0.15, 0.2) is 18.2 Å². The van der Waals surface area contributed by atoms with Crippen LogP contribution in [-0.4, -0.2) is 24.1 Å². The van der Waals surface area contributed by atoms with Crippen molar-refractivity contribution in [2.45, 2.75) is 32.3 Å². The number of amides is 1. The molecule has 0 aromatic heterocycles. The van der Waals surface area contributed by atoms with Gasteiger partial charge in [0.05, 0.1) is 17.7 Å². The van der Waals surface area contributed by atoms with Gasteiger partial charge in [0.2, 0.25) is 5.91 Å². The minimum Gasteiger partial charge on any atom is -0.389 e. The summed E-state index contributed by atoms with van der Waals surface area (Å²) in [5.41, 5.74) is 7.59. The molecule has 1 aliphatic heterocycles. The van der Waals surface area contributed by atoms with Crippen molar-refractivity contribution in [3.63, 3.8) is 0 Å². The highest BCUT2D eigenvalue weighted by Gasteiger charge is 2.23. The molecule has 1 aliphatic rings. The molecule has 21 heavy (non-hydrogen) atoms. The Morgan fingerprint density at radius 3 is 2.71 bits per heavy atom. The lowest BCUT2D eigenvalue weighted by atomic mass is 9.92. The van der Waals surface area contributed by atoms with Crippen molar-refractivity contribution in [3.8, 4) is 6.07 Å². The van der Waals surface area contributed by atoms with Crippen LogP contribution in [-0.2, 0) is 4.79 Å². The first kappa shape index (κ1) is 15.3. The van der Waals surface area contributed by atoms with Gasteiger partial charge in [0.15, 0.2) is 0 Å². The number of hydrogen-bond acceptors (Lipinski definition) is 4. The molecule has 1 amide bonds. The summed E-state index contributed by atoms with van der Waals surface area (Å²) in [6.45, 7) is 3.35. The number of hydrogen-bond donors (Lipinski definition) is 2. The van der Waals surface area contributed by atoms with E-state index in [0.717, 1.165) is 37.2 Å². The molecule has 1 aromatic carbocycles. The highest BCUT2D eigenvalue weighted by molar-refractivity contribution is 5.74. The van der Waals surface area contributed by atoms with Crippen molar-refractivity contribution >= 4 is 11.6 Å². The third-order valence-electron chi connectivity index (χ3n) is 4.05. The summed E-state index contributed by atoms with van der Waals surface area (Å²) in [5, 5.41) is 18.9. The Morgan fingerprint density at radius 1 is 1.52 bits per heavy atom. The number of benzene rings is 1. The lowest BCUT2D eigenvalue weighted by Crippen LogP contribution is -2.35. The van der Waals surface area contributed by atoms with E-state index in [1.54, 1.807) is 13.0 Å². The van der Waals surface area contributed by atoms with Gasteiger partial charge in [0.1, 0.15) is 0 Å². The van der Waals surface area contributed by atoms with E-state index in [4.69, 9.17) is 11.0 Å². The molecule has 112 valence electrons. The van der Waals surface area contributed by atoms with Crippen LogP contribution < -0.4 is 10.6 Å². The highest BCUT2D eigenvalue weighted by Crippen LogP contribution is 2.31. The van der Waals surface area contributed by atoms with Gasteiger partial charge in [-0.15, -0.1) is 0 Å². The normalized spacial score (nSPS) is 17.3. The molecule has 0 saturated carbocycles. The van der Waals surface area contributed by atoms with Gasteiger partial charge in [0.25, 0.3) is 0 Å². The number of anilines is 1. The fourth-order valence-electron chi connectivity index (χ4n) is 2.90. The SMILES string of the molecule is C[C@@H](O)c1ccc(C#N)cc1N1CCC(CC(N)=O)CC1. The average Bonchev–Trinajstić information content (AvgIpc) is 2.46. The molecule has 1 fully saturated rings. The van der Waals surface area contributed by atoms with E-state index < -0.39 is 6.10 Å². The van der Waals surface area contributed by atoms with Crippen LogP contribution in [0, 0.1) is 17.2 Å². The van der Waals surface area contributed by atoms with Crippen molar-refractivity contribution in [2.75, 3.05) is 18.0 Å². The van der Waals surface area contributed by atoms with E-state index in [9.17, 15) is 9.90 Å². The summed E-state index contributed by atoms with van der Waals surface area (Å²) in [6, 6.07) is 7.51. The van der Waals surface area contributed by atoms with Crippen LogP contribution in [0.1, 0.15) is 43.4 Å². The van der Waals surface area contributed by atoms with Crippen molar-refractivity contribution in [2.24, 2.45) is 11.7 Å². The number of carbonyl (C=O) groups is 1. The van der Waals surface area contributed by atoms with Gasteiger partial charge in [-0.05, 0) is 37.8 Å². The standard InChI is InChI=1S/C16H21N3O2/c1-11(20)14-3-2-13(10-17)8-15(14)19-6-4-12(5-7-19)9-16(18)21/h2-3,8,11-12,20H,4-7,9H2,1H3,(H2,18,21)/t11-/m1/s1. The molecule has 0 unspecified atom stereocenters. The van der Waals surface area contributed by atoms with Crippen molar-refractivity contribution in [1.82, 2.24) is 0 Å². The second-order valence-electron chi connectivity index (χ2n) is 5.66. The largest absolute Gasteiger partial charge is 0.389 e. The van der Waals surface area contributed by atoms with E-state index in [2.05, 4.69) is 11.0 Å². The molecule has 2 rings (SSSR count). The van der Waals surface area contributed by atoms with Crippen LogP contribution >= 0.6 is 0 Å². The average molecular weight is 287 g/mol. The molecule has 1 heterocycles. The van der Waals surface area contributed by atoms with E-state index in [0.29, 0.717) is 17.9 Å². The fraction of sp³-hybridized carbons (Fsp3) is 0.500. The van der Waals surface area contributed by atoms with Crippen molar-refractivity contribution in [1.29, 1.82) is 5.26 Å². The molecule has 1 saturated heterocycles. The lowest BCUT2D eigenvalue weighted by Gasteiger charge is -2.35. The molecule has 0 bridgehead atoms. The van der Waals surface area contributed by atoms with Crippen LogP contribution in [0.25, 0.3) is 0 Å². The predicted octanol–water partition coefficient (Wildman–Crippen LogP) is 1.70. The molecular weight excluding hydrogens is 266 g/mol. The number of carbonyl (C=O) groups excluding carboxylic acids is 1. The number of nitrogens with zero attached hydrogens (tertiary/aromatic N) is 2. The second kappa shape index (κ2) is 6.59. The Balaban J connectivity index is 2.15. The third kappa shape index (κ3) is 3.73. The first-order valence-electron chi connectivity index (χ1n) is 7.26. The van der Waals surface area contributed by atoms with Gasteiger partial charge in [-0.1, -0.05) is 6.07 Å². The maximum atomic E-state index is 11.0. The fourth-order valence-corrected chi connectivity index (χ4v) is 2.90. The van der Waals surface area contributed by atoms with Crippen LogP contribution in [0.4, 0.5) is 5.69 Å². The van der Waals surface area contributed by atoms with E-state index in [1.165, 1.54) is 0 Å². The highest BCUT2D eigenvalue weighted by atomic mass is 16.3. The lowest BCUT2D eigenvalue weighted by molar-refractivity contribution is -0.119. The van der Waals surface area contributed by atoms with Gasteiger partial charge in [-0.2, -0.15) is 5.26 Å². The third-order valence-corrected chi connectivity index (χ3v) is 4.05. The Labute approximate surface area is 125 Å². The van der Waals surface area contributed by atoms with Crippen LogP contribution in [0.2, 0.25) is 0 Å². The first-order chi connectivity index (χ1) is 10.0. The number of nitriles is 1. The summed E-state index contributed by atoms with van der Waals surface area (Å²) in [6.07, 6.45) is 1.67. The molecule has 5 nitrogen and oxygen atoms in total. The van der Waals surface area contributed by atoms with Gasteiger partial charge in [-0.3, -0.25) is 4.79 Å². The number of nitrogens with two attached hydrogens (primary N) is 1. The summed E-state index contributed by atoms with van der Waals surface area (Å²) in [7, 11) is 0. The van der Waals surface area contributed by atoms with Crippen molar-refractivity contribution < 1.29 is 9.90 Å². The van der Waals surface area contributed by atoms with Gasteiger partial charge < -0.3 is 15.7 Å². The summed E-state index contributed by atoms with van der Waals surface area (Å²) < 4.78 is 0. The second-order valence-corrected chi connectivity index (χ2v) is 5.66. The Morgan fingerprint density at radius 2 is 2.19 bits per heavy atom. The molecule has 5 heteroatoms. The molecule has 1 atom stereocenters. The van der Waals surface area contributed by atoms with Gasteiger partial charge in [-0.25, -0.2) is 0 Å². The van der Waals surface area contributed by atoms with Crippen LogP contribution in [0.3, 0.4) is 0 Å². The molecule has 1 aromatic rings. The predicted molar refractivity (Wildman–Crippen MR) is 80.5 cm³/mol. The Bertz CT molecular complexity index is 555. The molecule has 0 radical (unpaired) electrons. The summed E-state index contributed by atoms with van der Waals surface area (Å²) in [5.74, 6) is 0.0949.